The van der Waals surface area contributed by atoms with Crippen LogP contribution in [0.25, 0.3) is 0 Å². The van der Waals surface area contributed by atoms with E-state index in [2.05, 4.69) is 9.71 Å². The second-order valence-electron chi connectivity index (χ2n) is 7.36. The molecule has 9 nitrogen and oxygen atoms in total. The van der Waals surface area contributed by atoms with Crippen LogP contribution in [-0.2, 0) is 19.6 Å². The second kappa shape index (κ2) is 9.34. The fourth-order valence-electron chi connectivity index (χ4n) is 3.51. The normalized spacial score (nSPS) is 16.6. The van der Waals surface area contributed by atoms with Crippen LogP contribution in [0.5, 0.6) is 0 Å². The predicted molar refractivity (Wildman–Crippen MR) is 115 cm³/mol. The van der Waals surface area contributed by atoms with E-state index < -0.39 is 16.0 Å². The van der Waals surface area contributed by atoms with Crippen LogP contribution in [0.2, 0.25) is 0 Å². The maximum Gasteiger partial charge on any atom is 0.337 e. The van der Waals surface area contributed by atoms with E-state index in [1.807, 2.05) is 0 Å². The summed E-state index contributed by atoms with van der Waals surface area (Å²) >= 11 is 0. The Morgan fingerprint density at radius 2 is 2.10 bits per heavy atom. The largest absolute Gasteiger partial charge is 0.478 e. The van der Waals surface area contributed by atoms with Crippen molar-refractivity contribution in [2.45, 2.75) is 31.6 Å². The van der Waals surface area contributed by atoms with Gasteiger partial charge >= 0.3 is 11.9 Å². The van der Waals surface area contributed by atoms with E-state index in [4.69, 9.17) is 4.74 Å². The lowest BCUT2D eigenvalue weighted by Gasteiger charge is -2.33. The number of ether oxygens (including phenoxy) is 1. The summed E-state index contributed by atoms with van der Waals surface area (Å²) in [6, 6.07) is 7.63. The summed E-state index contributed by atoms with van der Waals surface area (Å²) in [4.78, 5) is 29.7. The first kappa shape index (κ1) is 22.5. The first-order valence-electron chi connectivity index (χ1n) is 9.95. The Balaban J connectivity index is 1.96. The average Bonchev–Trinajstić information content (AvgIpc) is 2.73. The zero-order chi connectivity index (χ0) is 22.6. The van der Waals surface area contributed by atoms with Crippen LogP contribution in [0, 0.1) is 12.8 Å². The number of carboxylic acid groups (broad SMARTS) is 1. The third-order valence-corrected chi connectivity index (χ3v) is 6.36. The Hall–Kier alpha value is -3.14. The smallest absolute Gasteiger partial charge is 0.337 e. The van der Waals surface area contributed by atoms with Crippen molar-refractivity contribution in [1.82, 2.24) is 4.98 Å². The minimum Gasteiger partial charge on any atom is -0.478 e. The van der Waals surface area contributed by atoms with Crippen LogP contribution in [0.4, 0.5) is 11.5 Å². The number of aromatic nitrogens is 1. The molecule has 2 N–H and O–H groups in total. The van der Waals surface area contributed by atoms with Gasteiger partial charge in [0.2, 0.25) is 0 Å². The summed E-state index contributed by atoms with van der Waals surface area (Å²) in [6.07, 6.45) is 2.53. The highest BCUT2D eigenvalue weighted by molar-refractivity contribution is 7.92. The molecule has 1 saturated heterocycles. The topological polar surface area (TPSA) is 126 Å². The van der Waals surface area contributed by atoms with Gasteiger partial charge in [0, 0.05) is 19.3 Å². The molecule has 2 heterocycles. The van der Waals surface area contributed by atoms with Gasteiger partial charge in [-0.2, -0.15) is 0 Å². The molecule has 166 valence electrons. The van der Waals surface area contributed by atoms with Gasteiger partial charge in [-0.1, -0.05) is 12.1 Å². The summed E-state index contributed by atoms with van der Waals surface area (Å²) < 4.78 is 33.5. The maximum atomic E-state index is 12.9. The molecule has 1 aliphatic rings. The minimum atomic E-state index is -3.98. The highest BCUT2D eigenvalue weighted by Crippen LogP contribution is 2.31. The van der Waals surface area contributed by atoms with Crippen LogP contribution in [-0.4, -0.2) is 50.1 Å². The van der Waals surface area contributed by atoms with Crippen molar-refractivity contribution in [3.8, 4) is 0 Å². The zero-order valence-corrected chi connectivity index (χ0v) is 18.2. The molecule has 0 saturated carbocycles. The van der Waals surface area contributed by atoms with Crippen molar-refractivity contribution in [2.24, 2.45) is 5.92 Å². The van der Waals surface area contributed by atoms with Crippen molar-refractivity contribution < 1.29 is 27.9 Å². The van der Waals surface area contributed by atoms with Crippen molar-refractivity contribution in [3.05, 3.63) is 47.7 Å². The van der Waals surface area contributed by atoms with Crippen LogP contribution >= 0.6 is 0 Å². The number of carboxylic acids is 1. The molecule has 1 atom stereocenters. The number of nitrogens with zero attached hydrogens (tertiary/aromatic N) is 2. The van der Waals surface area contributed by atoms with Gasteiger partial charge in [-0.15, -0.1) is 0 Å². The molecule has 0 amide bonds. The van der Waals surface area contributed by atoms with Gasteiger partial charge in [0.1, 0.15) is 0 Å². The number of nitrogens with one attached hydrogen (secondary N) is 1. The number of aryl methyl sites for hydroxylation is 1. The van der Waals surface area contributed by atoms with E-state index in [1.165, 1.54) is 24.4 Å². The van der Waals surface area contributed by atoms with E-state index in [0.29, 0.717) is 25.9 Å². The van der Waals surface area contributed by atoms with E-state index >= 15 is 0 Å². The zero-order valence-electron chi connectivity index (χ0n) is 17.4. The van der Waals surface area contributed by atoms with Gasteiger partial charge in [0.05, 0.1) is 28.7 Å². The van der Waals surface area contributed by atoms with Crippen molar-refractivity contribution in [1.29, 1.82) is 0 Å². The Kier molecular flexibility index (Phi) is 6.79. The molecule has 1 aromatic heterocycles. The molecule has 31 heavy (non-hydrogen) atoms. The van der Waals surface area contributed by atoms with Crippen LogP contribution < -0.4 is 9.62 Å². The van der Waals surface area contributed by atoms with E-state index in [-0.39, 0.29) is 40.5 Å². The molecule has 0 bridgehead atoms. The number of hydrogen-bond acceptors (Lipinski definition) is 7. The van der Waals surface area contributed by atoms with Gasteiger partial charge < -0.3 is 14.7 Å². The summed E-state index contributed by atoms with van der Waals surface area (Å²) in [5.74, 6) is -1.62. The number of sulfonamides is 1. The van der Waals surface area contributed by atoms with Crippen molar-refractivity contribution in [2.75, 3.05) is 29.3 Å². The second-order valence-corrected chi connectivity index (χ2v) is 9.04. The Morgan fingerprint density at radius 3 is 2.77 bits per heavy atom. The fourth-order valence-corrected chi connectivity index (χ4v) is 4.67. The Bertz CT molecular complexity index is 1090. The molecule has 3 rings (SSSR count). The van der Waals surface area contributed by atoms with Gasteiger partial charge in [-0.05, 0) is 50.5 Å². The molecule has 0 radical (unpaired) electrons. The number of carbonyl (C=O) groups is 2. The predicted octanol–water partition coefficient (Wildman–Crippen LogP) is 2.67. The number of pyridine rings is 1. The molecule has 0 aliphatic carbocycles. The van der Waals surface area contributed by atoms with E-state index in [1.54, 1.807) is 30.9 Å². The SMILES string of the molecule is CCOC(=O)C1CCCN(c2ncc(C(=O)O)cc2NS(=O)(=O)c2cccc(C)c2)C1. The first-order valence-corrected chi connectivity index (χ1v) is 11.4. The lowest BCUT2D eigenvalue weighted by atomic mass is 9.98. The summed E-state index contributed by atoms with van der Waals surface area (Å²) in [5, 5.41) is 9.34. The summed E-state index contributed by atoms with van der Waals surface area (Å²) in [5.41, 5.74) is 0.671. The molecule has 10 heteroatoms. The number of hydrogen-bond donors (Lipinski definition) is 2. The van der Waals surface area contributed by atoms with Crippen LogP contribution in [0.1, 0.15) is 35.7 Å². The molecular formula is C21H25N3O6S. The number of rotatable bonds is 7. The monoisotopic (exact) mass is 447 g/mol. The molecule has 1 fully saturated rings. The fraction of sp³-hybridized carbons (Fsp3) is 0.381. The maximum absolute atomic E-state index is 12.9. The standard InChI is InChI=1S/C21H25N3O6S/c1-3-30-21(27)15-7-5-9-24(13-15)19-18(11-16(12-22-19)20(25)26)23-31(28,29)17-8-4-6-14(2)10-17/h4,6,8,10-12,15,23H,3,5,7,9,13H2,1-2H3,(H,25,26). The molecule has 1 aromatic carbocycles. The number of carbonyl (C=O) groups excluding carboxylic acids is 1. The third-order valence-electron chi connectivity index (χ3n) is 5.00. The number of benzene rings is 1. The summed E-state index contributed by atoms with van der Waals surface area (Å²) in [6.45, 7) is 4.65. The summed E-state index contributed by atoms with van der Waals surface area (Å²) in [7, 11) is -3.98. The number of aromatic carboxylic acids is 1. The quantitative estimate of drug-likeness (QED) is 0.621. The number of anilines is 2. The lowest BCUT2D eigenvalue weighted by molar-refractivity contribution is -0.148. The number of piperidine rings is 1. The third kappa shape index (κ3) is 5.32. The van der Waals surface area contributed by atoms with E-state index in [9.17, 15) is 23.1 Å². The molecular weight excluding hydrogens is 422 g/mol. The Morgan fingerprint density at radius 1 is 1.32 bits per heavy atom. The highest BCUT2D eigenvalue weighted by atomic mass is 32.2. The van der Waals surface area contributed by atoms with E-state index in [0.717, 1.165) is 5.56 Å². The van der Waals surface area contributed by atoms with Gasteiger partial charge in [0.15, 0.2) is 5.82 Å². The average molecular weight is 448 g/mol. The number of esters is 1. The van der Waals surface area contributed by atoms with Gasteiger partial charge in [-0.3, -0.25) is 9.52 Å². The lowest BCUT2D eigenvalue weighted by Crippen LogP contribution is -2.40. The van der Waals surface area contributed by atoms with Crippen LogP contribution in [0.3, 0.4) is 0 Å². The molecule has 0 spiro atoms. The first-order chi connectivity index (χ1) is 14.7. The van der Waals surface area contributed by atoms with Crippen LogP contribution in [0.15, 0.2) is 41.4 Å². The molecule has 1 aliphatic heterocycles. The minimum absolute atomic E-state index is 0.0471. The Labute approximate surface area is 181 Å². The van der Waals surface area contributed by atoms with Gasteiger partial charge in [0.25, 0.3) is 10.0 Å². The highest BCUT2D eigenvalue weighted by Gasteiger charge is 2.30. The van der Waals surface area contributed by atoms with Crippen molar-refractivity contribution >= 4 is 33.5 Å². The molecule has 2 aromatic rings. The molecule has 1 unspecified atom stereocenters. The van der Waals surface area contributed by atoms with Gasteiger partial charge in [-0.25, -0.2) is 18.2 Å². The van der Waals surface area contributed by atoms with Crippen molar-refractivity contribution in [3.63, 3.8) is 0 Å².